The molecule has 1 aromatic rings. The van der Waals surface area contributed by atoms with Crippen LogP contribution in [0.15, 0.2) is 24.5 Å². The van der Waals surface area contributed by atoms with Crippen LogP contribution < -0.4 is 5.32 Å². The number of nitrogens with one attached hydrogen (secondary N) is 1. The summed E-state index contributed by atoms with van der Waals surface area (Å²) in [5.74, 6) is 0. The van der Waals surface area contributed by atoms with Crippen LogP contribution in [0.5, 0.6) is 0 Å². The van der Waals surface area contributed by atoms with Gasteiger partial charge in [0.1, 0.15) is 0 Å². The first kappa shape index (κ1) is 11.5. The molecule has 16 heavy (non-hydrogen) atoms. The van der Waals surface area contributed by atoms with Gasteiger partial charge in [0, 0.05) is 38.1 Å². The van der Waals surface area contributed by atoms with Gasteiger partial charge in [0.15, 0.2) is 0 Å². The third-order valence-corrected chi connectivity index (χ3v) is 3.22. The first-order valence-electron chi connectivity index (χ1n) is 5.75. The number of β-amino-alcohol motifs (C(OH)–C–C–N with tert-alkyl or cyclic N) is 1. The van der Waals surface area contributed by atoms with Crippen molar-refractivity contribution in [2.75, 3.05) is 26.7 Å². The van der Waals surface area contributed by atoms with E-state index in [1.807, 2.05) is 24.5 Å². The highest BCUT2D eigenvalue weighted by atomic mass is 16.3. The van der Waals surface area contributed by atoms with Gasteiger partial charge in [-0.25, -0.2) is 0 Å². The van der Waals surface area contributed by atoms with E-state index in [1.165, 1.54) is 5.56 Å². The second-order valence-corrected chi connectivity index (χ2v) is 4.38. The zero-order valence-corrected chi connectivity index (χ0v) is 9.63. The minimum Gasteiger partial charge on any atom is -0.390 e. The Bertz CT molecular complexity index is 317. The summed E-state index contributed by atoms with van der Waals surface area (Å²) in [6, 6.07) is 4.33. The van der Waals surface area contributed by atoms with Gasteiger partial charge in [0.25, 0.3) is 0 Å². The molecule has 0 radical (unpaired) electrons. The summed E-state index contributed by atoms with van der Waals surface area (Å²) in [5, 5.41) is 12.9. The van der Waals surface area contributed by atoms with Crippen LogP contribution in [0.25, 0.3) is 0 Å². The summed E-state index contributed by atoms with van der Waals surface area (Å²) >= 11 is 0. The summed E-state index contributed by atoms with van der Waals surface area (Å²) < 4.78 is 0. The monoisotopic (exact) mass is 221 g/mol. The largest absolute Gasteiger partial charge is 0.390 e. The van der Waals surface area contributed by atoms with E-state index in [1.54, 1.807) is 0 Å². The SMILES string of the molecule is CN(CCc1ccncc1)C1CNCC1O. The minimum absolute atomic E-state index is 0.234. The molecule has 4 heteroatoms. The van der Waals surface area contributed by atoms with Crippen molar-refractivity contribution in [1.29, 1.82) is 0 Å². The zero-order chi connectivity index (χ0) is 11.4. The van der Waals surface area contributed by atoms with Crippen molar-refractivity contribution < 1.29 is 5.11 Å². The molecule has 0 bridgehead atoms. The Hall–Kier alpha value is -0.970. The van der Waals surface area contributed by atoms with Crippen molar-refractivity contribution in [2.45, 2.75) is 18.6 Å². The fourth-order valence-corrected chi connectivity index (χ4v) is 2.12. The second kappa shape index (κ2) is 5.39. The fourth-order valence-electron chi connectivity index (χ4n) is 2.12. The Kier molecular flexibility index (Phi) is 3.88. The number of aromatic nitrogens is 1. The normalized spacial score (nSPS) is 25.2. The fraction of sp³-hybridized carbons (Fsp3) is 0.583. The Morgan fingerprint density at radius 1 is 1.44 bits per heavy atom. The Balaban J connectivity index is 1.81. The zero-order valence-electron chi connectivity index (χ0n) is 9.63. The van der Waals surface area contributed by atoms with E-state index in [2.05, 4.69) is 22.2 Å². The Morgan fingerprint density at radius 2 is 2.19 bits per heavy atom. The third-order valence-electron chi connectivity index (χ3n) is 3.22. The van der Waals surface area contributed by atoms with E-state index >= 15 is 0 Å². The number of pyridine rings is 1. The lowest BCUT2D eigenvalue weighted by molar-refractivity contribution is 0.100. The maximum absolute atomic E-state index is 9.74. The van der Waals surface area contributed by atoms with E-state index in [4.69, 9.17) is 0 Å². The standard InChI is InChI=1S/C12H19N3O/c1-15(11-8-14-9-12(11)16)7-4-10-2-5-13-6-3-10/h2-3,5-6,11-12,14,16H,4,7-9H2,1H3. The predicted octanol–water partition coefficient (Wildman–Crippen LogP) is -0.111. The molecule has 1 aromatic heterocycles. The van der Waals surface area contributed by atoms with Crippen LogP contribution in [0.4, 0.5) is 0 Å². The topological polar surface area (TPSA) is 48.4 Å². The molecule has 0 amide bonds. The number of hydrogen-bond donors (Lipinski definition) is 2. The number of rotatable bonds is 4. The highest BCUT2D eigenvalue weighted by Crippen LogP contribution is 2.08. The van der Waals surface area contributed by atoms with Crippen LogP contribution in [0.1, 0.15) is 5.56 Å². The average Bonchev–Trinajstić information content (AvgIpc) is 2.74. The summed E-state index contributed by atoms with van der Waals surface area (Å²) in [6.45, 7) is 2.56. The first-order valence-corrected chi connectivity index (χ1v) is 5.75. The number of likely N-dealkylation sites (N-methyl/N-ethyl adjacent to an activating group) is 1. The van der Waals surface area contributed by atoms with Crippen molar-refractivity contribution in [3.8, 4) is 0 Å². The van der Waals surface area contributed by atoms with Gasteiger partial charge in [0.2, 0.25) is 0 Å². The van der Waals surface area contributed by atoms with Gasteiger partial charge in [-0.05, 0) is 31.2 Å². The van der Waals surface area contributed by atoms with Gasteiger partial charge in [-0.1, -0.05) is 0 Å². The summed E-state index contributed by atoms with van der Waals surface area (Å²) in [6.07, 6.45) is 4.41. The van der Waals surface area contributed by atoms with Crippen LogP contribution in [0.3, 0.4) is 0 Å². The van der Waals surface area contributed by atoms with Crippen LogP contribution >= 0.6 is 0 Å². The van der Waals surface area contributed by atoms with Gasteiger partial charge in [-0.15, -0.1) is 0 Å². The summed E-state index contributed by atoms with van der Waals surface area (Å²) in [7, 11) is 2.07. The third kappa shape index (κ3) is 2.78. The molecular formula is C12H19N3O. The van der Waals surface area contributed by atoms with Crippen molar-refractivity contribution in [3.05, 3.63) is 30.1 Å². The van der Waals surface area contributed by atoms with E-state index in [0.717, 1.165) is 19.5 Å². The summed E-state index contributed by atoms with van der Waals surface area (Å²) in [4.78, 5) is 6.23. The molecule has 1 aliphatic rings. The van der Waals surface area contributed by atoms with Gasteiger partial charge >= 0.3 is 0 Å². The molecule has 2 atom stereocenters. The van der Waals surface area contributed by atoms with Crippen LogP contribution in [0.2, 0.25) is 0 Å². The maximum Gasteiger partial charge on any atom is 0.0831 e. The molecule has 1 saturated heterocycles. The molecule has 0 aromatic carbocycles. The average molecular weight is 221 g/mol. The molecule has 4 nitrogen and oxygen atoms in total. The molecule has 88 valence electrons. The molecule has 0 saturated carbocycles. The highest BCUT2D eigenvalue weighted by molar-refractivity contribution is 5.10. The molecule has 2 N–H and O–H groups in total. The second-order valence-electron chi connectivity index (χ2n) is 4.38. The Labute approximate surface area is 96.3 Å². The van der Waals surface area contributed by atoms with E-state index < -0.39 is 0 Å². The van der Waals surface area contributed by atoms with Crippen LogP contribution in [0, 0.1) is 0 Å². The molecule has 2 rings (SSSR count). The molecular weight excluding hydrogens is 202 g/mol. The summed E-state index contributed by atoms with van der Waals surface area (Å²) in [5.41, 5.74) is 1.29. The van der Waals surface area contributed by atoms with Gasteiger partial charge in [-0.2, -0.15) is 0 Å². The predicted molar refractivity (Wildman–Crippen MR) is 63.2 cm³/mol. The van der Waals surface area contributed by atoms with Crippen molar-refractivity contribution in [1.82, 2.24) is 15.2 Å². The number of aliphatic hydroxyl groups is 1. The lowest BCUT2D eigenvalue weighted by Crippen LogP contribution is -2.41. The lowest BCUT2D eigenvalue weighted by Gasteiger charge is -2.26. The Morgan fingerprint density at radius 3 is 2.81 bits per heavy atom. The van der Waals surface area contributed by atoms with Crippen molar-refractivity contribution >= 4 is 0 Å². The minimum atomic E-state index is -0.234. The van der Waals surface area contributed by atoms with Gasteiger partial charge in [-0.3, -0.25) is 9.88 Å². The van der Waals surface area contributed by atoms with Crippen molar-refractivity contribution in [2.24, 2.45) is 0 Å². The van der Waals surface area contributed by atoms with Crippen LogP contribution in [-0.4, -0.2) is 53.8 Å². The molecule has 2 unspecified atom stereocenters. The van der Waals surface area contributed by atoms with Crippen molar-refractivity contribution in [3.63, 3.8) is 0 Å². The van der Waals surface area contributed by atoms with Crippen LogP contribution in [-0.2, 0) is 6.42 Å². The highest BCUT2D eigenvalue weighted by Gasteiger charge is 2.27. The number of aliphatic hydroxyl groups excluding tert-OH is 1. The van der Waals surface area contributed by atoms with Gasteiger partial charge in [0.05, 0.1) is 6.10 Å². The van der Waals surface area contributed by atoms with E-state index in [-0.39, 0.29) is 12.1 Å². The van der Waals surface area contributed by atoms with Gasteiger partial charge < -0.3 is 10.4 Å². The molecule has 0 aliphatic carbocycles. The molecule has 2 heterocycles. The van der Waals surface area contributed by atoms with E-state index in [0.29, 0.717) is 6.54 Å². The molecule has 1 fully saturated rings. The smallest absolute Gasteiger partial charge is 0.0831 e. The molecule has 1 aliphatic heterocycles. The van der Waals surface area contributed by atoms with E-state index in [9.17, 15) is 5.11 Å². The maximum atomic E-state index is 9.74. The number of nitrogens with zero attached hydrogens (tertiary/aromatic N) is 2. The quantitative estimate of drug-likeness (QED) is 0.745. The molecule has 0 spiro atoms. The lowest BCUT2D eigenvalue weighted by atomic mass is 10.1. The number of hydrogen-bond acceptors (Lipinski definition) is 4. The first-order chi connectivity index (χ1) is 7.77.